The standard InChI is InChI=1S/C17H31N5O4/c1-11(12-10-18-21-20-12)22(15(24)25)9-8-13(16(2,3)4)19-14(23)26-17(5,6)7/h10-11,13H,8-9H2,1-7H3,(H,19,23)(H,24,25)(H,18,20,21)/t11?,13-/m0/s1. The van der Waals surface area contributed by atoms with E-state index in [2.05, 4.69) is 20.7 Å². The average Bonchev–Trinajstić information content (AvgIpc) is 2.96. The van der Waals surface area contributed by atoms with Gasteiger partial charge >= 0.3 is 12.2 Å². The van der Waals surface area contributed by atoms with Gasteiger partial charge in [0, 0.05) is 12.6 Å². The van der Waals surface area contributed by atoms with E-state index in [0.29, 0.717) is 12.1 Å². The van der Waals surface area contributed by atoms with E-state index in [1.165, 1.54) is 11.1 Å². The average molecular weight is 369 g/mol. The number of aromatic amines is 1. The molecule has 1 heterocycles. The first kappa shape index (κ1) is 21.7. The highest BCUT2D eigenvalue weighted by Crippen LogP contribution is 2.25. The van der Waals surface area contributed by atoms with Crippen molar-refractivity contribution in [3.63, 3.8) is 0 Å². The molecule has 0 spiro atoms. The molecular weight excluding hydrogens is 338 g/mol. The molecule has 1 aromatic heterocycles. The zero-order chi connectivity index (χ0) is 20.1. The summed E-state index contributed by atoms with van der Waals surface area (Å²) in [6, 6.07) is -0.711. The number of carboxylic acid groups (broad SMARTS) is 1. The molecule has 2 atom stereocenters. The van der Waals surface area contributed by atoms with Gasteiger partial charge in [-0.15, -0.1) is 0 Å². The number of hydrogen-bond donors (Lipinski definition) is 3. The van der Waals surface area contributed by atoms with Gasteiger partial charge in [0.2, 0.25) is 0 Å². The third-order valence-corrected chi connectivity index (χ3v) is 3.97. The van der Waals surface area contributed by atoms with Gasteiger partial charge in [0.15, 0.2) is 0 Å². The summed E-state index contributed by atoms with van der Waals surface area (Å²) in [4.78, 5) is 25.1. The minimum Gasteiger partial charge on any atom is -0.465 e. The Labute approximate surface area is 154 Å². The summed E-state index contributed by atoms with van der Waals surface area (Å²) >= 11 is 0. The first-order valence-electron chi connectivity index (χ1n) is 8.66. The smallest absolute Gasteiger partial charge is 0.407 e. The molecule has 0 fully saturated rings. The lowest BCUT2D eigenvalue weighted by molar-refractivity contribution is 0.0450. The molecule has 0 radical (unpaired) electrons. The van der Waals surface area contributed by atoms with E-state index in [1.807, 2.05) is 20.8 Å². The molecule has 0 bridgehead atoms. The molecule has 0 aliphatic carbocycles. The number of nitrogens with zero attached hydrogens (tertiary/aromatic N) is 3. The monoisotopic (exact) mass is 369 g/mol. The highest BCUT2D eigenvalue weighted by atomic mass is 16.6. The highest BCUT2D eigenvalue weighted by Gasteiger charge is 2.31. The van der Waals surface area contributed by atoms with Crippen molar-refractivity contribution in [2.24, 2.45) is 5.41 Å². The first-order chi connectivity index (χ1) is 11.8. The summed E-state index contributed by atoms with van der Waals surface area (Å²) in [5.41, 5.74) is -0.320. The summed E-state index contributed by atoms with van der Waals surface area (Å²) in [6.45, 7) is 13.3. The van der Waals surface area contributed by atoms with E-state index in [-0.39, 0.29) is 18.0 Å². The lowest BCUT2D eigenvalue weighted by atomic mass is 9.84. The van der Waals surface area contributed by atoms with Gasteiger partial charge in [0.25, 0.3) is 0 Å². The lowest BCUT2D eigenvalue weighted by Crippen LogP contribution is -2.48. The Balaban J connectivity index is 2.80. The van der Waals surface area contributed by atoms with Gasteiger partial charge in [-0.25, -0.2) is 9.59 Å². The second-order valence-electron chi connectivity index (χ2n) is 8.40. The Morgan fingerprint density at radius 3 is 2.35 bits per heavy atom. The van der Waals surface area contributed by atoms with Crippen molar-refractivity contribution in [1.29, 1.82) is 0 Å². The summed E-state index contributed by atoms with van der Waals surface area (Å²) < 4.78 is 5.32. The Kier molecular flexibility index (Phi) is 7.00. The van der Waals surface area contributed by atoms with Crippen molar-refractivity contribution < 1.29 is 19.4 Å². The fraction of sp³-hybridized carbons (Fsp3) is 0.765. The molecule has 9 nitrogen and oxygen atoms in total. The van der Waals surface area contributed by atoms with Crippen molar-refractivity contribution in [2.75, 3.05) is 6.54 Å². The van der Waals surface area contributed by atoms with Crippen LogP contribution >= 0.6 is 0 Å². The van der Waals surface area contributed by atoms with Crippen LogP contribution in [0.5, 0.6) is 0 Å². The zero-order valence-electron chi connectivity index (χ0n) is 16.7. The number of amides is 2. The van der Waals surface area contributed by atoms with Crippen LogP contribution in [0.15, 0.2) is 6.20 Å². The quantitative estimate of drug-likeness (QED) is 0.708. The predicted octanol–water partition coefficient (Wildman–Crippen LogP) is 3.18. The van der Waals surface area contributed by atoms with E-state index in [4.69, 9.17) is 4.74 Å². The molecule has 9 heteroatoms. The second kappa shape index (κ2) is 8.37. The molecule has 0 aliphatic rings. The van der Waals surface area contributed by atoms with Gasteiger partial charge in [-0.1, -0.05) is 20.8 Å². The number of hydrogen-bond acceptors (Lipinski definition) is 5. The molecular formula is C17H31N5O4. The number of nitrogens with one attached hydrogen (secondary N) is 2. The third kappa shape index (κ3) is 6.89. The SMILES string of the molecule is CC(c1cn[nH]n1)N(CC[C@H](NC(=O)OC(C)(C)C)C(C)(C)C)C(=O)O. The normalized spacial score (nSPS) is 14.4. The van der Waals surface area contributed by atoms with E-state index >= 15 is 0 Å². The second-order valence-corrected chi connectivity index (χ2v) is 8.40. The molecule has 0 aromatic carbocycles. The largest absolute Gasteiger partial charge is 0.465 e. The van der Waals surface area contributed by atoms with Crippen LogP contribution in [-0.2, 0) is 4.74 Å². The number of ether oxygens (including phenoxy) is 1. The Morgan fingerprint density at radius 2 is 1.92 bits per heavy atom. The Hall–Kier alpha value is -2.32. The van der Waals surface area contributed by atoms with Crippen LogP contribution in [0.2, 0.25) is 0 Å². The van der Waals surface area contributed by atoms with E-state index in [0.717, 1.165) is 0 Å². The number of carbonyl (C=O) groups is 2. The molecule has 148 valence electrons. The summed E-state index contributed by atoms with van der Waals surface area (Å²) in [7, 11) is 0. The number of rotatable bonds is 6. The van der Waals surface area contributed by atoms with Gasteiger partial charge < -0.3 is 15.2 Å². The molecule has 26 heavy (non-hydrogen) atoms. The molecule has 0 aliphatic heterocycles. The van der Waals surface area contributed by atoms with E-state index < -0.39 is 23.8 Å². The van der Waals surface area contributed by atoms with Crippen LogP contribution in [0.4, 0.5) is 9.59 Å². The topological polar surface area (TPSA) is 120 Å². The molecule has 1 rings (SSSR count). The van der Waals surface area contributed by atoms with Gasteiger partial charge in [0.05, 0.1) is 12.2 Å². The third-order valence-electron chi connectivity index (χ3n) is 3.97. The molecule has 1 unspecified atom stereocenters. The minimum atomic E-state index is -1.05. The van der Waals surface area contributed by atoms with Crippen LogP contribution in [0, 0.1) is 5.41 Å². The van der Waals surface area contributed by atoms with Gasteiger partial charge in [0.1, 0.15) is 11.3 Å². The number of H-pyrrole nitrogens is 1. The van der Waals surface area contributed by atoms with Gasteiger partial charge in [-0.2, -0.15) is 15.4 Å². The molecule has 1 aromatic rings. The maximum atomic E-state index is 12.1. The fourth-order valence-electron chi connectivity index (χ4n) is 2.47. The van der Waals surface area contributed by atoms with Gasteiger partial charge in [-0.05, 0) is 39.5 Å². The van der Waals surface area contributed by atoms with Crippen LogP contribution in [0.3, 0.4) is 0 Å². The molecule has 0 saturated carbocycles. The highest BCUT2D eigenvalue weighted by molar-refractivity contribution is 5.68. The lowest BCUT2D eigenvalue weighted by Gasteiger charge is -2.34. The summed E-state index contributed by atoms with van der Waals surface area (Å²) in [5.74, 6) is 0. The maximum Gasteiger partial charge on any atom is 0.407 e. The van der Waals surface area contributed by atoms with Gasteiger partial charge in [-0.3, -0.25) is 4.90 Å². The Bertz CT molecular complexity index is 589. The predicted molar refractivity (Wildman–Crippen MR) is 96.8 cm³/mol. The Morgan fingerprint density at radius 1 is 1.31 bits per heavy atom. The van der Waals surface area contributed by atoms with Crippen molar-refractivity contribution in [1.82, 2.24) is 25.6 Å². The van der Waals surface area contributed by atoms with E-state index in [9.17, 15) is 14.7 Å². The molecule has 0 saturated heterocycles. The molecule has 2 amide bonds. The van der Waals surface area contributed by atoms with Crippen LogP contribution in [0.1, 0.15) is 66.6 Å². The summed E-state index contributed by atoms with van der Waals surface area (Å²) in [5, 5.41) is 22.6. The number of alkyl carbamates (subject to hydrolysis) is 1. The fourth-order valence-corrected chi connectivity index (χ4v) is 2.47. The van der Waals surface area contributed by atoms with Crippen molar-refractivity contribution >= 4 is 12.2 Å². The van der Waals surface area contributed by atoms with Crippen molar-refractivity contribution in [3.05, 3.63) is 11.9 Å². The van der Waals surface area contributed by atoms with E-state index in [1.54, 1.807) is 27.7 Å². The first-order valence-corrected chi connectivity index (χ1v) is 8.66. The minimum absolute atomic E-state index is 0.237. The van der Waals surface area contributed by atoms with Crippen molar-refractivity contribution in [2.45, 2.75) is 72.6 Å². The number of carbonyl (C=O) groups excluding carboxylic acids is 1. The number of aromatic nitrogens is 3. The summed E-state index contributed by atoms with van der Waals surface area (Å²) in [6.07, 6.45) is 0.382. The van der Waals surface area contributed by atoms with Crippen molar-refractivity contribution in [3.8, 4) is 0 Å². The zero-order valence-corrected chi connectivity index (χ0v) is 16.7. The molecule has 3 N–H and O–H groups in total. The van der Waals surface area contributed by atoms with Crippen LogP contribution < -0.4 is 5.32 Å². The van der Waals surface area contributed by atoms with Crippen LogP contribution in [-0.4, -0.2) is 55.8 Å². The van der Waals surface area contributed by atoms with Crippen LogP contribution in [0.25, 0.3) is 0 Å². The maximum absolute atomic E-state index is 12.1.